The van der Waals surface area contributed by atoms with Gasteiger partial charge in [-0.2, -0.15) is 8.78 Å². The first kappa shape index (κ1) is 10.9. The summed E-state index contributed by atoms with van der Waals surface area (Å²) >= 11 is 0. The van der Waals surface area contributed by atoms with Crippen LogP contribution in [0.4, 0.5) is 8.78 Å². The van der Waals surface area contributed by atoms with E-state index in [0.717, 1.165) is 4.90 Å². The minimum absolute atomic E-state index is 0.0446. The van der Waals surface area contributed by atoms with Crippen LogP contribution in [-0.4, -0.2) is 30.3 Å². The van der Waals surface area contributed by atoms with Crippen molar-refractivity contribution >= 4 is 5.91 Å². The summed E-state index contributed by atoms with van der Waals surface area (Å²) in [5.74, 6) is 0.975. The summed E-state index contributed by atoms with van der Waals surface area (Å²) < 4.78 is 23.7. The standard InChI is InChI=1S/C8H11F2NO/c1-3-5-11(6-4-2)8(12)7(9)10/h1,7H,4-6H2,2H3. The normalized spacial score (nSPS) is 9.58. The predicted octanol–water partition coefficient (Wildman–Crippen LogP) is 1.12. The third-order valence-electron chi connectivity index (χ3n) is 1.27. The van der Waals surface area contributed by atoms with Gasteiger partial charge in [0.15, 0.2) is 0 Å². The van der Waals surface area contributed by atoms with Crippen LogP contribution in [0.5, 0.6) is 0 Å². The van der Waals surface area contributed by atoms with Gasteiger partial charge in [0.1, 0.15) is 0 Å². The Hall–Kier alpha value is -1.11. The molecule has 68 valence electrons. The number of carbonyl (C=O) groups excluding carboxylic acids is 1. The van der Waals surface area contributed by atoms with Crippen molar-refractivity contribution in [2.75, 3.05) is 13.1 Å². The number of hydrogen-bond acceptors (Lipinski definition) is 1. The lowest BCUT2D eigenvalue weighted by Gasteiger charge is -2.18. The number of alkyl halides is 2. The molecule has 0 atom stereocenters. The van der Waals surface area contributed by atoms with Gasteiger partial charge >= 0.3 is 6.43 Å². The second kappa shape index (κ2) is 5.53. The minimum Gasteiger partial charge on any atom is -0.327 e. The van der Waals surface area contributed by atoms with Crippen LogP contribution in [0.15, 0.2) is 0 Å². The number of terminal acetylenes is 1. The third-order valence-corrected chi connectivity index (χ3v) is 1.27. The molecule has 0 saturated heterocycles. The van der Waals surface area contributed by atoms with Crippen LogP contribution in [-0.2, 0) is 4.79 Å². The minimum atomic E-state index is -2.95. The maximum atomic E-state index is 11.9. The molecule has 0 fully saturated rings. The van der Waals surface area contributed by atoms with E-state index in [9.17, 15) is 13.6 Å². The fourth-order valence-corrected chi connectivity index (χ4v) is 0.785. The monoisotopic (exact) mass is 175 g/mol. The first-order valence-electron chi connectivity index (χ1n) is 3.63. The summed E-state index contributed by atoms with van der Waals surface area (Å²) in [5, 5.41) is 0. The Balaban J connectivity index is 4.11. The van der Waals surface area contributed by atoms with Crippen LogP contribution in [0.3, 0.4) is 0 Å². The fourth-order valence-electron chi connectivity index (χ4n) is 0.785. The van der Waals surface area contributed by atoms with Crippen molar-refractivity contribution in [1.29, 1.82) is 0 Å². The van der Waals surface area contributed by atoms with Gasteiger partial charge in [0.05, 0.1) is 6.54 Å². The highest BCUT2D eigenvalue weighted by atomic mass is 19.3. The Labute approximate surface area is 70.5 Å². The molecule has 0 aliphatic rings. The molecule has 12 heavy (non-hydrogen) atoms. The van der Waals surface area contributed by atoms with E-state index in [1.807, 2.05) is 0 Å². The smallest absolute Gasteiger partial charge is 0.315 e. The molecule has 0 radical (unpaired) electrons. The summed E-state index contributed by atoms with van der Waals surface area (Å²) in [4.78, 5) is 11.7. The van der Waals surface area contributed by atoms with Gasteiger partial charge < -0.3 is 4.90 Å². The molecule has 0 bridgehead atoms. The molecule has 0 saturated carbocycles. The molecule has 0 aromatic rings. The van der Waals surface area contributed by atoms with Crippen LogP contribution < -0.4 is 0 Å². The lowest BCUT2D eigenvalue weighted by Crippen LogP contribution is -2.36. The molecule has 0 N–H and O–H groups in total. The average molecular weight is 175 g/mol. The van der Waals surface area contributed by atoms with Crippen LogP contribution in [0.1, 0.15) is 13.3 Å². The maximum Gasteiger partial charge on any atom is 0.315 e. The lowest BCUT2D eigenvalue weighted by atomic mass is 10.4. The van der Waals surface area contributed by atoms with Gasteiger partial charge in [0.2, 0.25) is 0 Å². The summed E-state index contributed by atoms with van der Waals surface area (Å²) in [7, 11) is 0. The quantitative estimate of drug-likeness (QED) is 0.586. The highest BCUT2D eigenvalue weighted by Gasteiger charge is 2.21. The van der Waals surface area contributed by atoms with Crippen molar-refractivity contribution < 1.29 is 13.6 Å². The largest absolute Gasteiger partial charge is 0.327 e. The number of amides is 1. The van der Waals surface area contributed by atoms with E-state index < -0.39 is 12.3 Å². The highest BCUT2D eigenvalue weighted by Crippen LogP contribution is 2.01. The SMILES string of the molecule is C#CCN(CCC)C(=O)C(F)F. The molecule has 0 heterocycles. The lowest BCUT2D eigenvalue weighted by molar-refractivity contribution is -0.142. The molecule has 1 amide bonds. The van der Waals surface area contributed by atoms with E-state index >= 15 is 0 Å². The summed E-state index contributed by atoms with van der Waals surface area (Å²) in [6.45, 7) is 2.03. The zero-order valence-electron chi connectivity index (χ0n) is 6.89. The summed E-state index contributed by atoms with van der Waals surface area (Å²) in [5.41, 5.74) is 0. The van der Waals surface area contributed by atoms with Gasteiger partial charge in [-0.3, -0.25) is 4.79 Å². The summed E-state index contributed by atoms with van der Waals surface area (Å²) in [6.07, 6.45) is 2.58. The molecule has 0 rings (SSSR count). The number of nitrogens with zero attached hydrogens (tertiary/aromatic N) is 1. The number of halogens is 2. The molecule has 0 unspecified atom stereocenters. The third kappa shape index (κ3) is 3.33. The first-order chi connectivity index (χ1) is 5.63. The van der Waals surface area contributed by atoms with Crippen molar-refractivity contribution in [3.05, 3.63) is 0 Å². The Bertz CT molecular complexity index is 186. The van der Waals surface area contributed by atoms with Gasteiger partial charge in [-0.1, -0.05) is 12.8 Å². The molecule has 4 heteroatoms. The fraction of sp³-hybridized carbons (Fsp3) is 0.625. The Morgan fingerprint density at radius 1 is 1.67 bits per heavy atom. The van der Waals surface area contributed by atoms with Crippen molar-refractivity contribution in [2.45, 2.75) is 19.8 Å². The average Bonchev–Trinajstić information content (AvgIpc) is 2.03. The second-order valence-corrected chi connectivity index (χ2v) is 2.26. The van der Waals surface area contributed by atoms with E-state index in [1.165, 1.54) is 0 Å². The number of hydrogen-bond donors (Lipinski definition) is 0. The highest BCUT2D eigenvalue weighted by molar-refractivity contribution is 5.79. The zero-order valence-corrected chi connectivity index (χ0v) is 6.89. The molecule has 0 aromatic heterocycles. The Morgan fingerprint density at radius 2 is 2.25 bits per heavy atom. The number of carbonyl (C=O) groups is 1. The van der Waals surface area contributed by atoms with Crippen LogP contribution >= 0.6 is 0 Å². The van der Waals surface area contributed by atoms with E-state index in [0.29, 0.717) is 6.42 Å². The topological polar surface area (TPSA) is 20.3 Å². The van der Waals surface area contributed by atoms with Gasteiger partial charge in [-0.05, 0) is 6.42 Å². The Kier molecular flexibility index (Phi) is 5.02. The Morgan fingerprint density at radius 3 is 2.58 bits per heavy atom. The van der Waals surface area contributed by atoms with E-state index in [2.05, 4.69) is 5.92 Å². The van der Waals surface area contributed by atoms with E-state index in [1.54, 1.807) is 6.92 Å². The van der Waals surface area contributed by atoms with Crippen molar-refractivity contribution in [3.63, 3.8) is 0 Å². The zero-order chi connectivity index (χ0) is 9.56. The number of rotatable bonds is 4. The van der Waals surface area contributed by atoms with Crippen molar-refractivity contribution in [2.24, 2.45) is 0 Å². The van der Waals surface area contributed by atoms with Crippen LogP contribution in [0, 0.1) is 12.3 Å². The molecule has 0 aliphatic heterocycles. The van der Waals surface area contributed by atoms with Gasteiger partial charge in [0.25, 0.3) is 5.91 Å². The molecule has 2 nitrogen and oxygen atoms in total. The van der Waals surface area contributed by atoms with E-state index in [-0.39, 0.29) is 13.1 Å². The maximum absolute atomic E-state index is 11.9. The molecule has 0 aliphatic carbocycles. The van der Waals surface area contributed by atoms with Crippen molar-refractivity contribution in [3.8, 4) is 12.3 Å². The van der Waals surface area contributed by atoms with Crippen molar-refractivity contribution in [1.82, 2.24) is 4.90 Å². The van der Waals surface area contributed by atoms with Gasteiger partial charge in [-0.15, -0.1) is 6.42 Å². The molecule has 0 aromatic carbocycles. The first-order valence-corrected chi connectivity index (χ1v) is 3.63. The van der Waals surface area contributed by atoms with Crippen LogP contribution in [0.25, 0.3) is 0 Å². The molecular formula is C8H11F2NO. The van der Waals surface area contributed by atoms with E-state index in [4.69, 9.17) is 6.42 Å². The van der Waals surface area contributed by atoms with Gasteiger partial charge in [0, 0.05) is 6.54 Å². The summed E-state index contributed by atoms with van der Waals surface area (Å²) in [6, 6.07) is 0. The second-order valence-electron chi connectivity index (χ2n) is 2.26. The molecular weight excluding hydrogens is 164 g/mol. The van der Waals surface area contributed by atoms with Crippen LogP contribution in [0.2, 0.25) is 0 Å². The van der Waals surface area contributed by atoms with Gasteiger partial charge in [-0.25, -0.2) is 0 Å². The molecule has 0 spiro atoms. The predicted molar refractivity (Wildman–Crippen MR) is 41.7 cm³/mol.